The summed E-state index contributed by atoms with van der Waals surface area (Å²) in [6.07, 6.45) is -3.77. The molecule has 10 heteroatoms. The van der Waals surface area contributed by atoms with E-state index >= 15 is 0 Å². The van der Waals surface area contributed by atoms with Crippen LogP contribution < -0.4 is 5.32 Å². The maximum atomic E-state index is 13.0. The number of alkyl halides is 3. The van der Waals surface area contributed by atoms with Crippen LogP contribution in [0.4, 0.5) is 18.9 Å². The van der Waals surface area contributed by atoms with Crippen molar-refractivity contribution in [2.45, 2.75) is 6.18 Å². The van der Waals surface area contributed by atoms with Crippen molar-refractivity contribution >= 4 is 28.5 Å². The minimum atomic E-state index is -4.60. The summed E-state index contributed by atoms with van der Waals surface area (Å²) >= 11 is 0. The number of halogens is 3. The molecule has 156 valence electrons. The quantitative estimate of drug-likeness (QED) is 0.702. The minimum Gasteiger partial charge on any atom is -0.449 e. The molecule has 0 unspecified atom stereocenters. The van der Waals surface area contributed by atoms with Gasteiger partial charge in [-0.1, -0.05) is 12.1 Å². The van der Waals surface area contributed by atoms with Gasteiger partial charge in [0.25, 0.3) is 11.8 Å². The molecule has 1 aliphatic heterocycles. The number of carbonyl (C=O) groups excluding carboxylic acids is 2. The number of hydrogen-bond donors (Lipinski definition) is 1. The second kappa shape index (κ2) is 7.79. The van der Waals surface area contributed by atoms with Gasteiger partial charge in [-0.2, -0.15) is 13.2 Å². The van der Waals surface area contributed by atoms with Crippen molar-refractivity contribution in [3.8, 4) is 0 Å². The smallest absolute Gasteiger partial charge is 0.433 e. The zero-order valence-electron chi connectivity index (χ0n) is 15.5. The third-order valence-electron chi connectivity index (χ3n) is 4.64. The molecular weight excluding hydrogens is 403 g/mol. The fourth-order valence-electron chi connectivity index (χ4n) is 3.11. The molecule has 2 aromatic heterocycles. The average Bonchev–Trinajstić information content (AvgIpc) is 3.11. The zero-order chi connectivity index (χ0) is 21.3. The van der Waals surface area contributed by atoms with Gasteiger partial charge in [-0.3, -0.25) is 14.6 Å². The molecule has 3 aromatic rings. The van der Waals surface area contributed by atoms with Crippen LogP contribution in [0.1, 0.15) is 26.6 Å². The van der Waals surface area contributed by atoms with Gasteiger partial charge >= 0.3 is 6.18 Å². The molecule has 1 aliphatic rings. The van der Waals surface area contributed by atoms with E-state index in [1.165, 1.54) is 0 Å². The van der Waals surface area contributed by atoms with Gasteiger partial charge in [-0.15, -0.1) is 0 Å². The number of fused-ring (bicyclic) bond motifs is 1. The highest BCUT2D eigenvalue weighted by atomic mass is 19.4. The van der Waals surface area contributed by atoms with Crippen molar-refractivity contribution in [2.24, 2.45) is 0 Å². The normalized spacial score (nSPS) is 14.7. The van der Waals surface area contributed by atoms with Gasteiger partial charge in [-0.05, 0) is 24.3 Å². The van der Waals surface area contributed by atoms with Gasteiger partial charge in [0, 0.05) is 24.7 Å². The Morgan fingerprint density at radius 3 is 2.47 bits per heavy atom. The van der Waals surface area contributed by atoms with Crippen molar-refractivity contribution in [3.63, 3.8) is 0 Å². The number of para-hydroxylation sites is 1. The van der Waals surface area contributed by atoms with Crippen LogP contribution in [0.15, 0.2) is 47.0 Å². The Labute approximate surface area is 168 Å². The second-order valence-electron chi connectivity index (χ2n) is 6.59. The van der Waals surface area contributed by atoms with E-state index in [0.29, 0.717) is 37.3 Å². The number of morpholine rings is 1. The number of nitrogens with zero attached hydrogens (tertiary/aromatic N) is 2. The van der Waals surface area contributed by atoms with E-state index in [4.69, 9.17) is 9.15 Å². The second-order valence-corrected chi connectivity index (χ2v) is 6.59. The molecule has 1 saturated heterocycles. The number of amides is 2. The maximum Gasteiger partial charge on any atom is 0.433 e. The summed E-state index contributed by atoms with van der Waals surface area (Å²) in [5.74, 6) is -1.17. The van der Waals surface area contributed by atoms with Gasteiger partial charge in [0.05, 0.1) is 18.8 Å². The van der Waals surface area contributed by atoms with E-state index in [-0.39, 0.29) is 17.0 Å². The molecule has 1 fully saturated rings. The van der Waals surface area contributed by atoms with Crippen LogP contribution in [0, 0.1) is 0 Å². The third kappa shape index (κ3) is 3.86. The molecule has 7 nitrogen and oxygen atoms in total. The fraction of sp³-hybridized carbons (Fsp3) is 0.250. The monoisotopic (exact) mass is 419 g/mol. The highest BCUT2D eigenvalue weighted by Crippen LogP contribution is 2.32. The first-order chi connectivity index (χ1) is 14.3. The molecule has 3 heterocycles. The van der Waals surface area contributed by atoms with Crippen LogP contribution in [0.2, 0.25) is 0 Å². The average molecular weight is 419 g/mol. The number of ether oxygens (including phenoxy) is 1. The third-order valence-corrected chi connectivity index (χ3v) is 4.64. The van der Waals surface area contributed by atoms with Gasteiger partial charge in [0.15, 0.2) is 0 Å². The number of furan rings is 1. The highest BCUT2D eigenvalue weighted by Gasteiger charge is 2.32. The van der Waals surface area contributed by atoms with Crippen molar-refractivity contribution in [1.29, 1.82) is 0 Å². The summed E-state index contributed by atoms with van der Waals surface area (Å²) in [5.41, 5.74) is -0.629. The lowest BCUT2D eigenvalue weighted by molar-refractivity contribution is -0.141. The summed E-state index contributed by atoms with van der Waals surface area (Å²) in [4.78, 5) is 30.4. The van der Waals surface area contributed by atoms with Crippen LogP contribution >= 0.6 is 0 Å². The van der Waals surface area contributed by atoms with Crippen molar-refractivity contribution in [2.75, 3.05) is 31.6 Å². The largest absolute Gasteiger partial charge is 0.449 e. The standard InChI is InChI=1S/C20H16F3N3O4/c21-20(22,23)15-6-5-12(11-24-15)18(27)25-16-13-3-1-2-4-14(13)30-17(16)19(28)26-7-9-29-10-8-26/h1-6,11H,7-10H2,(H,25,27). The Kier molecular flexibility index (Phi) is 5.17. The Morgan fingerprint density at radius 2 is 1.80 bits per heavy atom. The first-order valence-electron chi connectivity index (χ1n) is 9.08. The summed E-state index contributed by atoms with van der Waals surface area (Å²) in [6.45, 7) is 1.55. The molecule has 0 saturated carbocycles. The molecule has 2 amide bonds. The fourth-order valence-corrected chi connectivity index (χ4v) is 3.11. The number of aromatic nitrogens is 1. The molecule has 0 aliphatic carbocycles. The van der Waals surface area contributed by atoms with Gasteiger partial charge in [-0.25, -0.2) is 0 Å². The number of benzene rings is 1. The van der Waals surface area contributed by atoms with Crippen LogP contribution in [-0.2, 0) is 10.9 Å². The minimum absolute atomic E-state index is 0.0497. The molecule has 0 bridgehead atoms. The van der Waals surface area contributed by atoms with Crippen molar-refractivity contribution in [1.82, 2.24) is 9.88 Å². The molecular formula is C20H16F3N3O4. The lowest BCUT2D eigenvalue weighted by Crippen LogP contribution is -2.40. The predicted octanol–water partition coefficient (Wildman–Crippen LogP) is 3.57. The van der Waals surface area contributed by atoms with Crippen LogP contribution in [0.25, 0.3) is 11.0 Å². The summed E-state index contributed by atoms with van der Waals surface area (Å²) < 4.78 is 49.0. The summed E-state index contributed by atoms with van der Waals surface area (Å²) in [6, 6.07) is 8.52. The number of anilines is 1. The van der Waals surface area contributed by atoms with Crippen molar-refractivity contribution < 1.29 is 31.9 Å². The molecule has 4 rings (SSSR count). The predicted molar refractivity (Wildman–Crippen MR) is 100 cm³/mol. The molecule has 0 atom stereocenters. The van der Waals surface area contributed by atoms with E-state index in [0.717, 1.165) is 18.3 Å². The van der Waals surface area contributed by atoms with E-state index in [1.807, 2.05) is 0 Å². The van der Waals surface area contributed by atoms with E-state index in [9.17, 15) is 22.8 Å². The Balaban J connectivity index is 1.66. The van der Waals surface area contributed by atoms with Gasteiger partial charge < -0.3 is 19.4 Å². The highest BCUT2D eigenvalue weighted by molar-refractivity contribution is 6.14. The number of hydrogen-bond acceptors (Lipinski definition) is 5. The van der Waals surface area contributed by atoms with E-state index < -0.39 is 23.7 Å². The lowest BCUT2D eigenvalue weighted by Gasteiger charge is -2.26. The molecule has 1 aromatic carbocycles. The number of nitrogens with one attached hydrogen (secondary N) is 1. The maximum absolute atomic E-state index is 13.0. The van der Waals surface area contributed by atoms with Crippen LogP contribution in [0.3, 0.4) is 0 Å². The Morgan fingerprint density at radius 1 is 1.07 bits per heavy atom. The van der Waals surface area contributed by atoms with E-state index in [2.05, 4.69) is 10.3 Å². The number of rotatable bonds is 3. The van der Waals surface area contributed by atoms with Gasteiger partial charge in [0.1, 0.15) is 17.0 Å². The number of pyridine rings is 1. The van der Waals surface area contributed by atoms with E-state index in [1.54, 1.807) is 29.2 Å². The molecule has 1 N–H and O–H groups in total. The molecule has 0 radical (unpaired) electrons. The summed E-state index contributed by atoms with van der Waals surface area (Å²) in [7, 11) is 0. The molecule has 0 spiro atoms. The first kappa shape index (κ1) is 19.9. The zero-order valence-corrected chi connectivity index (χ0v) is 15.5. The van der Waals surface area contributed by atoms with Crippen molar-refractivity contribution in [3.05, 3.63) is 59.6 Å². The molecule has 30 heavy (non-hydrogen) atoms. The Bertz CT molecular complexity index is 1090. The van der Waals surface area contributed by atoms with Crippen LogP contribution in [0.5, 0.6) is 0 Å². The summed E-state index contributed by atoms with van der Waals surface area (Å²) in [5, 5.41) is 3.10. The number of carbonyl (C=O) groups is 2. The Hall–Kier alpha value is -3.40. The topological polar surface area (TPSA) is 84.7 Å². The lowest BCUT2D eigenvalue weighted by atomic mass is 10.2. The van der Waals surface area contributed by atoms with Gasteiger partial charge in [0.2, 0.25) is 5.76 Å². The van der Waals surface area contributed by atoms with Crippen LogP contribution in [-0.4, -0.2) is 48.0 Å². The SMILES string of the molecule is O=C(Nc1c(C(=O)N2CCOCC2)oc2ccccc12)c1ccc(C(F)(F)F)nc1. The first-order valence-corrected chi connectivity index (χ1v) is 9.08.